The van der Waals surface area contributed by atoms with E-state index in [1.54, 1.807) is 12.1 Å². The molecule has 1 unspecified atom stereocenters. The van der Waals surface area contributed by atoms with Crippen LogP contribution in [0.15, 0.2) is 24.3 Å². The molecule has 1 atom stereocenters. The average molecular weight is 284 g/mol. The van der Waals surface area contributed by atoms with Crippen molar-refractivity contribution in [2.75, 3.05) is 20.1 Å². The monoisotopic (exact) mass is 284 g/mol. The number of alkyl halides is 2. The minimum absolute atomic E-state index is 0.209. The topological polar surface area (TPSA) is 24.5 Å². The maximum atomic E-state index is 12.1. The molecule has 2 rings (SSSR count). The van der Waals surface area contributed by atoms with Gasteiger partial charge in [-0.25, -0.2) is 0 Å². The quantitative estimate of drug-likeness (QED) is 0.869. The summed E-state index contributed by atoms with van der Waals surface area (Å²) in [6.07, 6.45) is 3.79. The molecule has 112 valence electrons. The van der Waals surface area contributed by atoms with Crippen molar-refractivity contribution in [2.45, 2.75) is 38.5 Å². The van der Waals surface area contributed by atoms with E-state index in [4.69, 9.17) is 0 Å². The van der Waals surface area contributed by atoms with Crippen LogP contribution < -0.4 is 10.1 Å². The van der Waals surface area contributed by atoms with Crippen molar-refractivity contribution >= 4 is 0 Å². The molecule has 0 amide bonds. The van der Waals surface area contributed by atoms with E-state index in [0.717, 1.165) is 25.2 Å². The number of benzene rings is 1. The smallest absolute Gasteiger partial charge is 0.387 e. The fourth-order valence-corrected chi connectivity index (χ4v) is 2.61. The molecule has 0 radical (unpaired) electrons. The number of nitrogens with one attached hydrogen (secondary N) is 1. The second kappa shape index (κ2) is 7.55. The van der Waals surface area contributed by atoms with Gasteiger partial charge < -0.3 is 15.0 Å². The van der Waals surface area contributed by atoms with E-state index in [1.165, 1.54) is 19.3 Å². The summed E-state index contributed by atoms with van der Waals surface area (Å²) < 4.78 is 28.4. The minimum Gasteiger partial charge on any atom is -0.435 e. The van der Waals surface area contributed by atoms with E-state index in [-0.39, 0.29) is 5.75 Å². The van der Waals surface area contributed by atoms with Crippen LogP contribution in [-0.2, 0) is 6.54 Å². The lowest BCUT2D eigenvalue weighted by atomic mass is 10.0. The minimum atomic E-state index is -2.76. The Morgan fingerprint density at radius 1 is 1.30 bits per heavy atom. The van der Waals surface area contributed by atoms with Gasteiger partial charge in [0.05, 0.1) is 0 Å². The first-order valence-corrected chi connectivity index (χ1v) is 7.09. The predicted molar refractivity (Wildman–Crippen MR) is 75.0 cm³/mol. The van der Waals surface area contributed by atoms with Crippen molar-refractivity contribution in [3.63, 3.8) is 0 Å². The summed E-state index contributed by atoms with van der Waals surface area (Å²) >= 11 is 0. The summed E-state index contributed by atoms with van der Waals surface area (Å²) in [4.78, 5) is 2.26. The second-order valence-electron chi connectivity index (χ2n) is 5.37. The predicted octanol–water partition coefficient (Wildman–Crippen LogP) is 2.86. The highest BCUT2D eigenvalue weighted by Crippen LogP contribution is 2.16. The maximum absolute atomic E-state index is 12.1. The Balaban J connectivity index is 1.79. The summed E-state index contributed by atoms with van der Waals surface area (Å²) in [7, 11) is 2.08. The summed E-state index contributed by atoms with van der Waals surface area (Å²) in [6.45, 7) is 0.168. The SMILES string of the molecule is CN(Cc1ccc(OC(F)F)cc1)CC1CCCCN1. The van der Waals surface area contributed by atoms with Gasteiger partial charge >= 0.3 is 6.61 Å². The van der Waals surface area contributed by atoms with Gasteiger partial charge in [-0.2, -0.15) is 8.78 Å². The molecular formula is C15H22F2N2O. The molecule has 0 aliphatic carbocycles. The summed E-state index contributed by atoms with van der Waals surface area (Å²) in [5.41, 5.74) is 1.10. The standard InChI is InChI=1S/C15H22F2N2O/c1-19(11-13-4-2-3-9-18-13)10-12-5-7-14(8-6-12)20-15(16)17/h5-8,13,15,18H,2-4,9-11H2,1H3. The van der Waals surface area contributed by atoms with Crippen molar-refractivity contribution in [1.29, 1.82) is 0 Å². The molecule has 0 aromatic heterocycles. The van der Waals surface area contributed by atoms with Gasteiger partial charge in [0.25, 0.3) is 0 Å². The van der Waals surface area contributed by atoms with Gasteiger partial charge in [-0.3, -0.25) is 0 Å². The molecule has 1 saturated heterocycles. The molecule has 1 heterocycles. The number of nitrogens with zero attached hydrogens (tertiary/aromatic N) is 1. The molecule has 1 aliphatic rings. The van der Waals surface area contributed by atoms with E-state index < -0.39 is 6.61 Å². The largest absolute Gasteiger partial charge is 0.435 e. The van der Waals surface area contributed by atoms with Gasteiger partial charge in [-0.1, -0.05) is 18.6 Å². The Kier molecular flexibility index (Phi) is 5.73. The van der Waals surface area contributed by atoms with Crippen molar-refractivity contribution < 1.29 is 13.5 Å². The highest BCUT2D eigenvalue weighted by atomic mass is 19.3. The lowest BCUT2D eigenvalue weighted by molar-refractivity contribution is -0.0498. The first kappa shape index (κ1) is 15.2. The molecule has 0 spiro atoms. The van der Waals surface area contributed by atoms with Crippen LogP contribution in [-0.4, -0.2) is 37.7 Å². The number of ether oxygens (including phenoxy) is 1. The van der Waals surface area contributed by atoms with Gasteiger partial charge in [0.2, 0.25) is 0 Å². The Bertz CT molecular complexity index is 391. The van der Waals surface area contributed by atoms with Crippen LogP contribution >= 0.6 is 0 Å². The molecule has 0 saturated carbocycles. The van der Waals surface area contributed by atoms with Crippen molar-refractivity contribution in [3.05, 3.63) is 29.8 Å². The Hall–Kier alpha value is -1.20. The maximum Gasteiger partial charge on any atom is 0.387 e. The molecule has 0 bridgehead atoms. The molecule has 1 aliphatic heterocycles. The van der Waals surface area contributed by atoms with Gasteiger partial charge in [-0.05, 0) is 44.1 Å². The summed E-state index contributed by atoms with van der Waals surface area (Å²) in [6, 6.07) is 7.42. The van der Waals surface area contributed by atoms with E-state index >= 15 is 0 Å². The highest BCUT2D eigenvalue weighted by molar-refractivity contribution is 5.27. The fraction of sp³-hybridized carbons (Fsp3) is 0.600. The van der Waals surface area contributed by atoms with E-state index in [2.05, 4.69) is 22.0 Å². The van der Waals surface area contributed by atoms with Crippen molar-refractivity contribution in [3.8, 4) is 5.75 Å². The van der Waals surface area contributed by atoms with Crippen LogP contribution in [0.1, 0.15) is 24.8 Å². The lowest BCUT2D eigenvalue weighted by Crippen LogP contribution is -2.42. The third-order valence-corrected chi connectivity index (χ3v) is 3.55. The van der Waals surface area contributed by atoms with Gasteiger partial charge in [0.15, 0.2) is 0 Å². The Labute approximate surface area is 118 Å². The number of rotatable bonds is 6. The van der Waals surface area contributed by atoms with Crippen LogP contribution in [0, 0.1) is 0 Å². The Morgan fingerprint density at radius 2 is 2.05 bits per heavy atom. The molecule has 3 nitrogen and oxygen atoms in total. The molecule has 5 heteroatoms. The molecule has 1 fully saturated rings. The number of halogens is 2. The van der Waals surface area contributed by atoms with Gasteiger partial charge in [0.1, 0.15) is 5.75 Å². The first-order chi connectivity index (χ1) is 9.63. The number of hydrogen-bond acceptors (Lipinski definition) is 3. The third-order valence-electron chi connectivity index (χ3n) is 3.55. The third kappa shape index (κ3) is 5.06. The van der Waals surface area contributed by atoms with Crippen molar-refractivity contribution in [2.24, 2.45) is 0 Å². The fourth-order valence-electron chi connectivity index (χ4n) is 2.61. The van der Waals surface area contributed by atoms with E-state index in [1.807, 2.05) is 12.1 Å². The van der Waals surface area contributed by atoms with Crippen LogP contribution in [0.5, 0.6) is 5.75 Å². The molecule has 1 aromatic rings. The van der Waals surface area contributed by atoms with Crippen molar-refractivity contribution in [1.82, 2.24) is 10.2 Å². The van der Waals surface area contributed by atoms with Crippen LogP contribution in [0.2, 0.25) is 0 Å². The van der Waals surface area contributed by atoms with E-state index in [9.17, 15) is 8.78 Å². The van der Waals surface area contributed by atoms with E-state index in [0.29, 0.717) is 6.04 Å². The molecule has 1 N–H and O–H groups in total. The normalized spacial score (nSPS) is 19.6. The number of likely N-dealkylation sites (N-methyl/N-ethyl adjacent to an activating group) is 1. The van der Waals surface area contributed by atoms with Crippen LogP contribution in [0.3, 0.4) is 0 Å². The lowest BCUT2D eigenvalue weighted by Gasteiger charge is -2.28. The molecule has 20 heavy (non-hydrogen) atoms. The zero-order valence-electron chi connectivity index (χ0n) is 11.8. The average Bonchev–Trinajstić information content (AvgIpc) is 2.41. The Morgan fingerprint density at radius 3 is 2.65 bits per heavy atom. The molecule has 1 aromatic carbocycles. The first-order valence-electron chi connectivity index (χ1n) is 7.09. The van der Waals surface area contributed by atoms with Gasteiger partial charge in [-0.15, -0.1) is 0 Å². The van der Waals surface area contributed by atoms with Crippen LogP contribution in [0.4, 0.5) is 8.78 Å². The highest BCUT2D eigenvalue weighted by Gasteiger charge is 2.14. The summed E-state index contributed by atoms with van der Waals surface area (Å²) in [5.74, 6) is 0.209. The van der Waals surface area contributed by atoms with Gasteiger partial charge in [0, 0.05) is 19.1 Å². The second-order valence-corrected chi connectivity index (χ2v) is 5.37. The molecular weight excluding hydrogens is 262 g/mol. The summed E-state index contributed by atoms with van der Waals surface area (Å²) in [5, 5.41) is 3.52. The number of piperidine rings is 1. The zero-order valence-corrected chi connectivity index (χ0v) is 11.8. The number of hydrogen-bond donors (Lipinski definition) is 1. The van der Waals surface area contributed by atoms with Crippen LogP contribution in [0.25, 0.3) is 0 Å². The zero-order chi connectivity index (χ0) is 14.4.